The fraction of sp³-hybridized carbons (Fsp3) is 0.176. The van der Waals surface area contributed by atoms with Crippen molar-refractivity contribution in [2.45, 2.75) is 18.9 Å². The summed E-state index contributed by atoms with van der Waals surface area (Å²) in [7, 11) is 0. The molecule has 0 fully saturated rings. The number of Topliss-reactive ketones (excluding diaryl/α,β-unsaturated/α-hetero) is 1. The van der Waals surface area contributed by atoms with Gasteiger partial charge in [0.1, 0.15) is 0 Å². The van der Waals surface area contributed by atoms with E-state index in [2.05, 4.69) is 21.2 Å². The van der Waals surface area contributed by atoms with E-state index in [1.807, 2.05) is 13.0 Å². The van der Waals surface area contributed by atoms with Crippen LogP contribution in [0, 0.1) is 6.92 Å². The molecular weight excluding hydrogens is 382 g/mol. The van der Waals surface area contributed by atoms with Crippen LogP contribution in [0.2, 0.25) is 5.02 Å². The minimum absolute atomic E-state index is 0.329. The highest BCUT2D eigenvalue weighted by Gasteiger charge is 2.47. The maximum atomic E-state index is 12.4. The Bertz CT molecular complexity index is 819. The molecule has 0 radical (unpaired) electrons. The number of carbonyl (C=O) groups excluding carboxylic acids is 2. The molecule has 118 valence electrons. The second-order valence-electron chi connectivity index (χ2n) is 5.59. The number of amides is 1. The zero-order valence-electron chi connectivity index (χ0n) is 12.2. The monoisotopic (exact) mass is 393 g/mol. The molecule has 1 aliphatic rings. The molecule has 1 aliphatic heterocycles. The van der Waals surface area contributed by atoms with Gasteiger partial charge in [0.05, 0.1) is 12.1 Å². The Labute approximate surface area is 146 Å². The van der Waals surface area contributed by atoms with E-state index in [9.17, 15) is 14.7 Å². The molecule has 0 spiro atoms. The first kappa shape index (κ1) is 16.2. The number of hydrogen-bond donors (Lipinski definition) is 2. The fourth-order valence-electron chi connectivity index (χ4n) is 2.68. The van der Waals surface area contributed by atoms with Gasteiger partial charge in [0, 0.05) is 20.6 Å². The first-order valence-electron chi connectivity index (χ1n) is 6.94. The molecule has 6 heteroatoms. The van der Waals surface area contributed by atoms with Gasteiger partial charge in [-0.2, -0.15) is 0 Å². The van der Waals surface area contributed by atoms with Crippen LogP contribution in [0.1, 0.15) is 27.9 Å². The highest BCUT2D eigenvalue weighted by molar-refractivity contribution is 9.10. The lowest BCUT2D eigenvalue weighted by Crippen LogP contribution is -2.36. The van der Waals surface area contributed by atoms with Crippen LogP contribution < -0.4 is 5.32 Å². The third kappa shape index (κ3) is 2.80. The number of benzene rings is 2. The summed E-state index contributed by atoms with van der Waals surface area (Å²) in [6.07, 6.45) is -0.330. The number of anilines is 1. The van der Waals surface area contributed by atoms with E-state index in [-0.39, 0.29) is 12.2 Å². The van der Waals surface area contributed by atoms with Crippen molar-refractivity contribution in [1.29, 1.82) is 0 Å². The first-order chi connectivity index (χ1) is 10.8. The minimum Gasteiger partial charge on any atom is -0.375 e. The van der Waals surface area contributed by atoms with Gasteiger partial charge in [-0.1, -0.05) is 17.7 Å². The number of fused-ring (bicyclic) bond motifs is 1. The number of ketones is 1. The Balaban J connectivity index is 1.98. The van der Waals surface area contributed by atoms with Crippen molar-refractivity contribution in [2.75, 3.05) is 5.32 Å². The van der Waals surface area contributed by atoms with Gasteiger partial charge in [0.15, 0.2) is 11.4 Å². The second kappa shape index (κ2) is 5.74. The van der Waals surface area contributed by atoms with Gasteiger partial charge in [-0.15, -0.1) is 0 Å². The first-order valence-corrected chi connectivity index (χ1v) is 8.11. The van der Waals surface area contributed by atoms with Gasteiger partial charge < -0.3 is 10.4 Å². The third-order valence-corrected chi connectivity index (χ3v) is 4.75. The summed E-state index contributed by atoms with van der Waals surface area (Å²) in [5, 5.41) is 14.0. The lowest BCUT2D eigenvalue weighted by atomic mass is 9.87. The van der Waals surface area contributed by atoms with Crippen LogP contribution >= 0.6 is 27.5 Å². The fourth-order valence-corrected chi connectivity index (χ4v) is 3.48. The molecule has 0 unspecified atom stereocenters. The summed E-state index contributed by atoms with van der Waals surface area (Å²) in [5.74, 6) is -0.925. The standard InChI is InChI=1S/C17H13BrClNO3/c1-9-6-12-15(13(18)7-9)20-16(22)17(12,23)8-14(21)10-2-4-11(19)5-3-10/h2-7,23H,8H2,1H3,(H,20,22)/t17-/m1/s1. The molecule has 2 aromatic rings. The van der Waals surface area contributed by atoms with Crippen LogP contribution in [-0.4, -0.2) is 16.8 Å². The van der Waals surface area contributed by atoms with Crippen molar-refractivity contribution in [3.05, 3.63) is 62.6 Å². The third-order valence-electron chi connectivity index (χ3n) is 3.88. The number of nitrogens with one attached hydrogen (secondary N) is 1. The molecule has 2 aromatic carbocycles. The van der Waals surface area contributed by atoms with Crippen molar-refractivity contribution in [3.63, 3.8) is 0 Å². The van der Waals surface area contributed by atoms with E-state index >= 15 is 0 Å². The van der Waals surface area contributed by atoms with Crippen LogP contribution in [0.4, 0.5) is 5.69 Å². The minimum atomic E-state index is -1.87. The number of hydrogen-bond acceptors (Lipinski definition) is 3. The van der Waals surface area contributed by atoms with Gasteiger partial charge in [-0.3, -0.25) is 9.59 Å². The van der Waals surface area contributed by atoms with Crippen LogP contribution in [0.3, 0.4) is 0 Å². The van der Waals surface area contributed by atoms with E-state index < -0.39 is 11.5 Å². The molecular formula is C17H13BrClNO3. The summed E-state index contributed by atoms with van der Waals surface area (Å²) in [4.78, 5) is 24.7. The Morgan fingerprint density at radius 2 is 1.96 bits per heavy atom. The maximum absolute atomic E-state index is 12.4. The number of halogens is 2. The Morgan fingerprint density at radius 3 is 2.61 bits per heavy atom. The van der Waals surface area contributed by atoms with Crippen LogP contribution in [0.5, 0.6) is 0 Å². The SMILES string of the molecule is Cc1cc(Br)c2c(c1)[C@](O)(CC(=O)c1ccc(Cl)cc1)C(=O)N2. The quantitative estimate of drug-likeness (QED) is 0.778. The van der Waals surface area contributed by atoms with E-state index in [1.165, 1.54) is 0 Å². The highest BCUT2D eigenvalue weighted by Crippen LogP contribution is 2.43. The van der Waals surface area contributed by atoms with Crippen molar-refractivity contribution >= 4 is 44.9 Å². The number of carbonyl (C=O) groups is 2. The van der Waals surface area contributed by atoms with Crippen LogP contribution in [0.15, 0.2) is 40.9 Å². The molecule has 1 heterocycles. The highest BCUT2D eigenvalue weighted by atomic mass is 79.9. The van der Waals surface area contributed by atoms with Crippen molar-refractivity contribution < 1.29 is 14.7 Å². The largest absolute Gasteiger partial charge is 0.375 e. The Morgan fingerprint density at radius 1 is 1.30 bits per heavy atom. The molecule has 0 saturated heterocycles. The normalized spacial score (nSPS) is 19.4. The van der Waals surface area contributed by atoms with Gasteiger partial charge in [0.25, 0.3) is 5.91 Å². The summed E-state index contributed by atoms with van der Waals surface area (Å²) in [6, 6.07) is 9.91. The summed E-state index contributed by atoms with van der Waals surface area (Å²) in [5.41, 5.74) is 0.324. The Hall–Kier alpha value is -1.69. The summed E-state index contributed by atoms with van der Waals surface area (Å²) < 4.78 is 0.677. The zero-order valence-corrected chi connectivity index (χ0v) is 14.5. The van der Waals surface area contributed by atoms with Gasteiger partial charge in [-0.05, 0) is 58.7 Å². The predicted molar refractivity (Wildman–Crippen MR) is 91.8 cm³/mol. The van der Waals surface area contributed by atoms with E-state index in [0.717, 1.165) is 5.56 Å². The number of rotatable bonds is 3. The molecule has 0 saturated carbocycles. The number of aryl methyl sites for hydroxylation is 1. The lowest BCUT2D eigenvalue weighted by Gasteiger charge is -2.20. The smallest absolute Gasteiger partial charge is 0.261 e. The van der Waals surface area contributed by atoms with E-state index in [0.29, 0.717) is 26.3 Å². The molecule has 0 aliphatic carbocycles. The molecule has 23 heavy (non-hydrogen) atoms. The van der Waals surface area contributed by atoms with E-state index in [1.54, 1.807) is 30.3 Å². The average molecular weight is 395 g/mol. The molecule has 2 N–H and O–H groups in total. The van der Waals surface area contributed by atoms with Crippen LogP contribution in [0.25, 0.3) is 0 Å². The van der Waals surface area contributed by atoms with Gasteiger partial charge in [0.2, 0.25) is 0 Å². The second-order valence-corrected chi connectivity index (χ2v) is 6.88. The number of aliphatic hydroxyl groups is 1. The van der Waals surface area contributed by atoms with Crippen molar-refractivity contribution in [2.24, 2.45) is 0 Å². The van der Waals surface area contributed by atoms with Gasteiger partial charge >= 0.3 is 0 Å². The lowest BCUT2D eigenvalue weighted by molar-refractivity contribution is -0.133. The summed E-state index contributed by atoms with van der Waals surface area (Å²) in [6.45, 7) is 1.86. The van der Waals surface area contributed by atoms with E-state index in [4.69, 9.17) is 11.6 Å². The molecule has 1 atom stereocenters. The summed E-state index contributed by atoms with van der Waals surface area (Å²) >= 11 is 9.18. The van der Waals surface area contributed by atoms with Crippen molar-refractivity contribution in [3.8, 4) is 0 Å². The van der Waals surface area contributed by atoms with Crippen LogP contribution in [-0.2, 0) is 10.4 Å². The average Bonchev–Trinajstić information content (AvgIpc) is 2.73. The predicted octanol–water partition coefficient (Wildman–Crippen LogP) is 3.82. The molecule has 0 aromatic heterocycles. The zero-order chi connectivity index (χ0) is 16.8. The van der Waals surface area contributed by atoms with Crippen molar-refractivity contribution in [1.82, 2.24) is 0 Å². The molecule has 4 nitrogen and oxygen atoms in total. The van der Waals surface area contributed by atoms with Gasteiger partial charge in [-0.25, -0.2) is 0 Å². The molecule has 3 rings (SSSR count). The topological polar surface area (TPSA) is 66.4 Å². The maximum Gasteiger partial charge on any atom is 0.261 e. The molecule has 0 bridgehead atoms. The Kier molecular flexibility index (Phi) is 4.04. The molecule has 1 amide bonds.